The van der Waals surface area contributed by atoms with E-state index in [0.717, 1.165) is 0 Å². The van der Waals surface area contributed by atoms with E-state index in [4.69, 9.17) is 26.0 Å². The Bertz CT molecular complexity index is 553. The lowest BCUT2D eigenvalue weighted by Gasteiger charge is -2.14. The van der Waals surface area contributed by atoms with Gasteiger partial charge >= 0.3 is 5.97 Å². The number of benzene rings is 1. The number of guanidine groups is 1. The van der Waals surface area contributed by atoms with Gasteiger partial charge in [-0.15, -0.1) is 5.10 Å². The van der Waals surface area contributed by atoms with Crippen LogP contribution < -0.4 is 20.9 Å². The van der Waals surface area contributed by atoms with Gasteiger partial charge in [-0.3, -0.25) is 0 Å². The first-order valence-corrected chi connectivity index (χ1v) is 6.22. The molecule has 1 rings (SSSR count). The molecule has 5 N–H and O–H groups in total. The first-order chi connectivity index (χ1) is 9.93. The summed E-state index contributed by atoms with van der Waals surface area (Å²) in [5.41, 5.74) is 11.0. The second-order valence-electron chi connectivity index (χ2n) is 4.01. The molecule has 0 aliphatic rings. The Morgan fingerprint density at radius 3 is 2.71 bits per heavy atom. The highest BCUT2D eigenvalue weighted by molar-refractivity contribution is 5.82. The SMILES string of the molecule is CCOc1cc(C=NN=C(N)N)ccc1OC(C)C(=O)O. The predicted octanol–water partition coefficient (Wildman–Crippen LogP) is 0.544. The fourth-order valence-corrected chi connectivity index (χ4v) is 1.37. The molecule has 0 heterocycles. The van der Waals surface area contributed by atoms with Crippen LogP contribution in [-0.2, 0) is 4.79 Å². The molecule has 0 radical (unpaired) electrons. The van der Waals surface area contributed by atoms with Crippen molar-refractivity contribution in [3.8, 4) is 11.5 Å². The van der Waals surface area contributed by atoms with E-state index in [1.54, 1.807) is 18.2 Å². The van der Waals surface area contributed by atoms with Crippen molar-refractivity contribution in [3.63, 3.8) is 0 Å². The van der Waals surface area contributed by atoms with Crippen LogP contribution in [0.5, 0.6) is 11.5 Å². The maximum Gasteiger partial charge on any atom is 0.344 e. The highest BCUT2D eigenvalue weighted by Gasteiger charge is 2.15. The lowest BCUT2D eigenvalue weighted by molar-refractivity contribution is -0.144. The first-order valence-electron chi connectivity index (χ1n) is 6.22. The molecule has 21 heavy (non-hydrogen) atoms. The Labute approximate surface area is 122 Å². The Morgan fingerprint density at radius 1 is 1.43 bits per heavy atom. The molecular weight excluding hydrogens is 276 g/mol. The van der Waals surface area contributed by atoms with Crippen molar-refractivity contribution >= 4 is 18.1 Å². The highest BCUT2D eigenvalue weighted by Crippen LogP contribution is 2.29. The zero-order chi connectivity index (χ0) is 15.8. The van der Waals surface area contributed by atoms with Crippen molar-refractivity contribution in [1.82, 2.24) is 0 Å². The molecule has 0 aromatic heterocycles. The minimum atomic E-state index is -1.06. The largest absolute Gasteiger partial charge is 0.490 e. The number of ether oxygens (including phenoxy) is 2. The van der Waals surface area contributed by atoms with E-state index in [2.05, 4.69) is 10.2 Å². The second kappa shape index (κ2) is 7.73. The number of aliphatic carboxylic acids is 1. The van der Waals surface area contributed by atoms with Gasteiger partial charge in [-0.1, -0.05) is 0 Å². The molecule has 0 aliphatic carbocycles. The van der Waals surface area contributed by atoms with Gasteiger partial charge in [-0.2, -0.15) is 5.10 Å². The molecule has 0 aliphatic heterocycles. The number of hydrogen-bond donors (Lipinski definition) is 3. The summed E-state index contributed by atoms with van der Waals surface area (Å²) < 4.78 is 10.7. The summed E-state index contributed by atoms with van der Waals surface area (Å²) in [5, 5.41) is 16.0. The molecular formula is C13H18N4O4. The summed E-state index contributed by atoms with van der Waals surface area (Å²) in [5.74, 6) is -0.452. The van der Waals surface area contributed by atoms with Crippen LogP contribution in [0, 0.1) is 0 Å². The second-order valence-corrected chi connectivity index (χ2v) is 4.01. The summed E-state index contributed by atoms with van der Waals surface area (Å²) in [4.78, 5) is 10.8. The van der Waals surface area contributed by atoms with Crippen LogP contribution in [0.2, 0.25) is 0 Å². The minimum Gasteiger partial charge on any atom is -0.490 e. The van der Waals surface area contributed by atoms with E-state index in [9.17, 15) is 4.79 Å². The van der Waals surface area contributed by atoms with Crippen molar-refractivity contribution in [2.24, 2.45) is 21.7 Å². The monoisotopic (exact) mass is 294 g/mol. The number of nitrogens with two attached hydrogens (primary N) is 2. The predicted molar refractivity (Wildman–Crippen MR) is 78.7 cm³/mol. The fraction of sp³-hybridized carbons (Fsp3) is 0.308. The Hall–Kier alpha value is -2.77. The fourth-order valence-electron chi connectivity index (χ4n) is 1.37. The van der Waals surface area contributed by atoms with Crippen LogP contribution in [-0.4, -0.2) is 36.0 Å². The molecule has 0 spiro atoms. The number of hydrogen-bond acceptors (Lipinski definition) is 5. The molecule has 1 atom stereocenters. The average Bonchev–Trinajstić information content (AvgIpc) is 2.41. The van der Waals surface area contributed by atoms with Gasteiger partial charge in [-0.05, 0) is 37.6 Å². The van der Waals surface area contributed by atoms with Gasteiger partial charge in [0.05, 0.1) is 12.8 Å². The third-order valence-electron chi connectivity index (χ3n) is 2.30. The summed E-state index contributed by atoms with van der Waals surface area (Å²) in [6, 6.07) is 4.93. The average molecular weight is 294 g/mol. The smallest absolute Gasteiger partial charge is 0.344 e. The summed E-state index contributed by atoms with van der Waals surface area (Å²) in [7, 11) is 0. The first kappa shape index (κ1) is 16.3. The van der Waals surface area contributed by atoms with Gasteiger partial charge in [0.2, 0.25) is 5.96 Å². The van der Waals surface area contributed by atoms with Gasteiger partial charge in [0.25, 0.3) is 0 Å². The van der Waals surface area contributed by atoms with Crippen LogP contribution in [0.25, 0.3) is 0 Å². The van der Waals surface area contributed by atoms with E-state index in [0.29, 0.717) is 23.7 Å². The number of rotatable bonds is 7. The zero-order valence-electron chi connectivity index (χ0n) is 11.8. The lowest BCUT2D eigenvalue weighted by atomic mass is 10.2. The summed E-state index contributed by atoms with van der Waals surface area (Å²) in [6.45, 7) is 3.66. The number of carboxylic acid groups (broad SMARTS) is 1. The van der Waals surface area contributed by atoms with E-state index < -0.39 is 12.1 Å². The molecule has 0 bridgehead atoms. The van der Waals surface area contributed by atoms with Crippen molar-refractivity contribution in [3.05, 3.63) is 23.8 Å². The molecule has 8 nitrogen and oxygen atoms in total. The molecule has 114 valence electrons. The molecule has 0 saturated carbocycles. The third kappa shape index (κ3) is 5.39. The van der Waals surface area contributed by atoms with Crippen molar-refractivity contribution in [2.75, 3.05) is 6.61 Å². The van der Waals surface area contributed by atoms with Gasteiger partial charge < -0.3 is 26.0 Å². The standard InChI is InChI=1S/C13H18N4O4/c1-3-20-11-6-9(7-16-17-13(14)15)4-5-10(11)21-8(2)12(18)19/h4-8H,3H2,1-2H3,(H,18,19)(H4,14,15,17). The van der Waals surface area contributed by atoms with Gasteiger partial charge in [0.1, 0.15) is 0 Å². The Kier molecular flexibility index (Phi) is 5.99. The highest BCUT2D eigenvalue weighted by atomic mass is 16.5. The molecule has 0 amide bonds. The minimum absolute atomic E-state index is 0.147. The van der Waals surface area contributed by atoms with Gasteiger partial charge in [-0.25, -0.2) is 4.79 Å². The maximum absolute atomic E-state index is 10.8. The van der Waals surface area contributed by atoms with Crippen molar-refractivity contribution in [1.29, 1.82) is 0 Å². The molecule has 8 heteroatoms. The maximum atomic E-state index is 10.8. The van der Waals surface area contributed by atoms with Crippen LogP contribution in [0.1, 0.15) is 19.4 Å². The molecule has 1 aromatic rings. The van der Waals surface area contributed by atoms with Crippen molar-refractivity contribution < 1.29 is 19.4 Å². The normalized spacial score (nSPS) is 11.9. The van der Waals surface area contributed by atoms with E-state index in [-0.39, 0.29) is 5.96 Å². The number of carboxylic acids is 1. The van der Waals surface area contributed by atoms with Gasteiger partial charge in [0.15, 0.2) is 17.6 Å². The summed E-state index contributed by atoms with van der Waals surface area (Å²) >= 11 is 0. The Morgan fingerprint density at radius 2 is 2.14 bits per heavy atom. The number of carbonyl (C=O) groups is 1. The third-order valence-corrected chi connectivity index (χ3v) is 2.30. The number of nitrogens with zero attached hydrogens (tertiary/aromatic N) is 2. The van der Waals surface area contributed by atoms with Crippen LogP contribution in [0.4, 0.5) is 0 Å². The molecule has 1 unspecified atom stereocenters. The molecule has 0 saturated heterocycles. The molecule has 1 aromatic carbocycles. The van der Waals surface area contributed by atoms with Crippen LogP contribution in [0.3, 0.4) is 0 Å². The quantitative estimate of drug-likeness (QED) is 0.382. The molecule has 0 fully saturated rings. The summed E-state index contributed by atoms with van der Waals surface area (Å²) in [6.07, 6.45) is 0.456. The van der Waals surface area contributed by atoms with Crippen LogP contribution >= 0.6 is 0 Å². The lowest BCUT2D eigenvalue weighted by Crippen LogP contribution is -2.23. The van der Waals surface area contributed by atoms with E-state index in [1.165, 1.54) is 13.1 Å². The van der Waals surface area contributed by atoms with Crippen molar-refractivity contribution in [2.45, 2.75) is 20.0 Å². The Balaban J connectivity index is 2.98. The van der Waals surface area contributed by atoms with E-state index >= 15 is 0 Å². The topological polar surface area (TPSA) is 133 Å². The van der Waals surface area contributed by atoms with Crippen LogP contribution in [0.15, 0.2) is 28.4 Å². The zero-order valence-corrected chi connectivity index (χ0v) is 11.8. The van der Waals surface area contributed by atoms with Gasteiger partial charge in [0, 0.05) is 0 Å². The van der Waals surface area contributed by atoms with E-state index in [1.807, 2.05) is 6.92 Å².